The van der Waals surface area contributed by atoms with E-state index in [0.717, 1.165) is 37.3 Å². The van der Waals surface area contributed by atoms with Crippen LogP contribution in [0.3, 0.4) is 0 Å². The molecule has 1 fully saturated rings. The Morgan fingerprint density at radius 3 is 2.56 bits per heavy atom. The third-order valence-electron chi connectivity index (χ3n) is 4.72. The van der Waals surface area contributed by atoms with Crippen molar-refractivity contribution < 1.29 is 9.59 Å². The molecule has 2 rings (SSSR count). The maximum atomic E-state index is 12.4. The Labute approximate surface area is 150 Å². The van der Waals surface area contributed by atoms with E-state index in [-0.39, 0.29) is 18.0 Å². The fourth-order valence-electron chi connectivity index (χ4n) is 3.13. The summed E-state index contributed by atoms with van der Waals surface area (Å²) in [5, 5.41) is 5.86. The molecule has 0 radical (unpaired) electrons. The van der Waals surface area contributed by atoms with E-state index in [1.165, 1.54) is 0 Å². The molecule has 2 unspecified atom stereocenters. The molecule has 6 nitrogen and oxygen atoms in total. The van der Waals surface area contributed by atoms with E-state index in [0.29, 0.717) is 12.3 Å². The van der Waals surface area contributed by atoms with Crippen molar-refractivity contribution in [1.82, 2.24) is 15.1 Å². The quantitative estimate of drug-likeness (QED) is 0.832. The molecule has 1 aliphatic rings. The van der Waals surface area contributed by atoms with Gasteiger partial charge in [-0.1, -0.05) is 19.1 Å². The van der Waals surface area contributed by atoms with E-state index < -0.39 is 0 Å². The highest BCUT2D eigenvalue weighted by molar-refractivity contribution is 5.90. The van der Waals surface area contributed by atoms with E-state index in [4.69, 9.17) is 0 Å². The van der Waals surface area contributed by atoms with Crippen molar-refractivity contribution in [2.45, 2.75) is 32.7 Å². The van der Waals surface area contributed by atoms with Crippen LogP contribution < -0.4 is 10.6 Å². The number of amides is 3. The lowest BCUT2D eigenvalue weighted by molar-refractivity contribution is -0.115. The van der Waals surface area contributed by atoms with Crippen LogP contribution in [-0.2, 0) is 4.79 Å². The summed E-state index contributed by atoms with van der Waals surface area (Å²) in [7, 11) is 3.97. The van der Waals surface area contributed by atoms with Gasteiger partial charge in [0.15, 0.2) is 0 Å². The standard InChI is InChI=1S/C19H30N4O2/c1-5-18(24)21-17-8-6-16(7-9-17)14(2)20-19(25)23(4)13-15-10-11-22(3)12-15/h6-9,14-15H,5,10-13H2,1-4H3,(H,20,25)(H,21,24). The minimum atomic E-state index is -0.0860. The number of likely N-dealkylation sites (tertiary alicyclic amines) is 1. The SMILES string of the molecule is CCC(=O)Nc1ccc(C(C)NC(=O)N(C)CC2CCN(C)C2)cc1. The summed E-state index contributed by atoms with van der Waals surface area (Å²) in [6.45, 7) is 6.73. The number of hydrogen-bond donors (Lipinski definition) is 2. The molecule has 3 amide bonds. The predicted molar refractivity (Wildman–Crippen MR) is 101 cm³/mol. The van der Waals surface area contributed by atoms with Crippen molar-refractivity contribution in [1.29, 1.82) is 0 Å². The number of benzene rings is 1. The Morgan fingerprint density at radius 1 is 1.32 bits per heavy atom. The highest BCUT2D eigenvalue weighted by Crippen LogP contribution is 2.18. The average Bonchev–Trinajstić information content (AvgIpc) is 3.00. The number of carbonyl (C=O) groups is 2. The summed E-state index contributed by atoms with van der Waals surface area (Å²) in [4.78, 5) is 27.9. The molecule has 2 N–H and O–H groups in total. The van der Waals surface area contributed by atoms with Crippen LogP contribution in [0.4, 0.5) is 10.5 Å². The number of nitrogens with zero attached hydrogens (tertiary/aromatic N) is 2. The summed E-state index contributed by atoms with van der Waals surface area (Å²) < 4.78 is 0. The highest BCUT2D eigenvalue weighted by Gasteiger charge is 2.23. The van der Waals surface area contributed by atoms with Gasteiger partial charge in [0.1, 0.15) is 0 Å². The summed E-state index contributed by atoms with van der Waals surface area (Å²) in [6, 6.07) is 7.46. The van der Waals surface area contributed by atoms with Gasteiger partial charge in [0, 0.05) is 32.2 Å². The van der Waals surface area contributed by atoms with Crippen molar-refractivity contribution >= 4 is 17.6 Å². The van der Waals surface area contributed by atoms with Gasteiger partial charge in [-0.15, -0.1) is 0 Å². The van der Waals surface area contributed by atoms with Crippen LogP contribution >= 0.6 is 0 Å². The Balaban J connectivity index is 1.84. The summed E-state index contributed by atoms with van der Waals surface area (Å²) in [5.74, 6) is 0.547. The van der Waals surface area contributed by atoms with Gasteiger partial charge in [-0.25, -0.2) is 4.79 Å². The van der Waals surface area contributed by atoms with Gasteiger partial charge in [-0.3, -0.25) is 4.79 Å². The molecule has 0 aliphatic carbocycles. The molecule has 0 saturated carbocycles. The van der Waals surface area contributed by atoms with Crippen molar-refractivity contribution in [2.75, 3.05) is 39.0 Å². The van der Waals surface area contributed by atoms with Crippen LogP contribution in [0.1, 0.15) is 38.3 Å². The van der Waals surface area contributed by atoms with E-state index in [1.54, 1.807) is 4.90 Å². The van der Waals surface area contributed by atoms with E-state index >= 15 is 0 Å². The van der Waals surface area contributed by atoms with Crippen molar-refractivity contribution in [3.05, 3.63) is 29.8 Å². The largest absolute Gasteiger partial charge is 0.331 e. The van der Waals surface area contributed by atoms with Gasteiger partial charge in [0.2, 0.25) is 5.91 Å². The fraction of sp³-hybridized carbons (Fsp3) is 0.579. The van der Waals surface area contributed by atoms with E-state index in [1.807, 2.05) is 45.2 Å². The summed E-state index contributed by atoms with van der Waals surface area (Å²) in [5.41, 5.74) is 1.79. The zero-order valence-corrected chi connectivity index (χ0v) is 15.7. The Morgan fingerprint density at radius 2 is 2.00 bits per heavy atom. The number of urea groups is 1. The average molecular weight is 346 g/mol. The van der Waals surface area contributed by atoms with Crippen molar-refractivity contribution in [3.8, 4) is 0 Å². The zero-order valence-electron chi connectivity index (χ0n) is 15.7. The monoisotopic (exact) mass is 346 g/mol. The maximum Gasteiger partial charge on any atom is 0.317 e. The number of anilines is 1. The summed E-state index contributed by atoms with van der Waals surface area (Å²) in [6.07, 6.45) is 1.60. The van der Waals surface area contributed by atoms with Crippen LogP contribution in [0.2, 0.25) is 0 Å². The second-order valence-corrected chi connectivity index (χ2v) is 6.99. The molecule has 0 aromatic heterocycles. The first-order valence-electron chi connectivity index (χ1n) is 8.99. The third-order valence-corrected chi connectivity index (χ3v) is 4.72. The molecule has 6 heteroatoms. The van der Waals surface area contributed by atoms with Gasteiger partial charge < -0.3 is 20.4 Å². The molecule has 1 heterocycles. The molecule has 1 aromatic rings. The molecule has 138 valence electrons. The number of carbonyl (C=O) groups excluding carboxylic acids is 2. The van der Waals surface area contributed by atoms with Gasteiger partial charge in [-0.05, 0) is 50.6 Å². The molecular formula is C19H30N4O2. The Bertz CT molecular complexity index is 588. The molecule has 1 aromatic carbocycles. The molecule has 0 bridgehead atoms. The topological polar surface area (TPSA) is 64.7 Å². The molecule has 0 spiro atoms. The lowest BCUT2D eigenvalue weighted by atomic mass is 10.1. The first-order chi connectivity index (χ1) is 11.9. The molecule has 1 aliphatic heterocycles. The van der Waals surface area contributed by atoms with Gasteiger partial charge in [0.05, 0.1) is 6.04 Å². The van der Waals surface area contributed by atoms with Crippen LogP contribution in [-0.4, -0.2) is 55.5 Å². The predicted octanol–water partition coefficient (Wildman–Crippen LogP) is 2.69. The first kappa shape index (κ1) is 19.2. The minimum Gasteiger partial charge on any atom is -0.331 e. The van der Waals surface area contributed by atoms with Crippen LogP contribution in [0.25, 0.3) is 0 Å². The highest BCUT2D eigenvalue weighted by atomic mass is 16.2. The van der Waals surface area contributed by atoms with Crippen LogP contribution in [0.5, 0.6) is 0 Å². The van der Waals surface area contributed by atoms with Crippen LogP contribution in [0, 0.1) is 5.92 Å². The van der Waals surface area contributed by atoms with E-state index in [2.05, 4.69) is 22.6 Å². The van der Waals surface area contributed by atoms with Crippen molar-refractivity contribution in [2.24, 2.45) is 5.92 Å². The second-order valence-electron chi connectivity index (χ2n) is 6.99. The Hall–Kier alpha value is -2.08. The molecule has 2 atom stereocenters. The molecule has 25 heavy (non-hydrogen) atoms. The normalized spacial score (nSPS) is 18.6. The maximum absolute atomic E-state index is 12.4. The summed E-state index contributed by atoms with van der Waals surface area (Å²) >= 11 is 0. The lowest BCUT2D eigenvalue weighted by Crippen LogP contribution is -2.41. The lowest BCUT2D eigenvalue weighted by Gasteiger charge is -2.24. The Kier molecular flexibility index (Phi) is 6.82. The van der Waals surface area contributed by atoms with Gasteiger partial charge in [-0.2, -0.15) is 0 Å². The number of rotatable bonds is 6. The zero-order chi connectivity index (χ0) is 18.4. The number of hydrogen-bond acceptors (Lipinski definition) is 3. The fourth-order valence-corrected chi connectivity index (χ4v) is 3.13. The van der Waals surface area contributed by atoms with Gasteiger partial charge >= 0.3 is 6.03 Å². The third kappa shape index (κ3) is 5.74. The first-order valence-corrected chi connectivity index (χ1v) is 8.99. The van der Waals surface area contributed by atoms with Crippen molar-refractivity contribution in [3.63, 3.8) is 0 Å². The molecular weight excluding hydrogens is 316 g/mol. The minimum absolute atomic E-state index is 0.00622. The second kappa shape index (κ2) is 8.85. The van der Waals surface area contributed by atoms with Crippen LogP contribution in [0.15, 0.2) is 24.3 Å². The van der Waals surface area contributed by atoms with Gasteiger partial charge in [0.25, 0.3) is 0 Å². The number of nitrogens with one attached hydrogen (secondary N) is 2. The smallest absolute Gasteiger partial charge is 0.317 e. The van der Waals surface area contributed by atoms with E-state index in [9.17, 15) is 9.59 Å². The molecule has 1 saturated heterocycles.